The lowest BCUT2D eigenvalue weighted by molar-refractivity contribution is 0.0698. The molecular weight excluding hydrogens is 234 g/mol. The Kier molecular flexibility index (Phi) is 4.97. The Morgan fingerprint density at radius 2 is 2.11 bits per heavy atom. The Balaban J connectivity index is 2.93. The van der Waals surface area contributed by atoms with Gasteiger partial charge in [0.2, 0.25) is 0 Å². The van der Waals surface area contributed by atoms with E-state index in [4.69, 9.17) is 9.84 Å². The first-order valence-corrected chi connectivity index (χ1v) is 5.80. The summed E-state index contributed by atoms with van der Waals surface area (Å²) in [5, 5.41) is 21.5. The lowest BCUT2D eigenvalue weighted by Crippen LogP contribution is -2.22. The molecule has 0 aliphatic rings. The van der Waals surface area contributed by atoms with Crippen LogP contribution in [0.15, 0.2) is 18.2 Å². The number of anilines is 1. The SMILES string of the molecule is COc1ccc(C(=O)O)c(NC(C)CC(C)O)c1. The van der Waals surface area contributed by atoms with Gasteiger partial charge in [-0.05, 0) is 32.4 Å². The molecule has 3 N–H and O–H groups in total. The van der Waals surface area contributed by atoms with Crippen molar-refractivity contribution in [1.82, 2.24) is 0 Å². The van der Waals surface area contributed by atoms with Gasteiger partial charge in [0.05, 0.1) is 24.5 Å². The maximum atomic E-state index is 11.1. The molecule has 5 nitrogen and oxygen atoms in total. The van der Waals surface area contributed by atoms with Gasteiger partial charge >= 0.3 is 5.97 Å². The predicted molar refractivity (Wildman–Crippen MR) is 69.3 cm³/mol. The molecule has 0 saturated carbocycles. The highest BCUT2D eigenvalue weighted by Gasteiger charge is 2.14. The molecule has 0 aliphatic carbocycles. The monoisotopic (exact) mass is 253 g/mol. The van der Waals surface area contributed by atoms with Crippen LogP contribution in [0, 0.1) is 0 Å². The molecule has 0 spiro atoms. The zero-order valence-corrected chi connectivity index (χ0v) is 10.8. The molecule has 18 heavy (non-hydrogen) atoms. The van der Waals surface area contributed by atoms with Crippen LogP contribution in [0.2, 0.25) is 0 Å². The lowest BCUT2D eigenvalue weighted by atomic mass is 10.1. The minimum atomic E-state index is -0.996. The fourth-order valence-electron chi connectivity index (χ4n) is 1.79. The number of carbonyl (C=O) groups is 1. The Morgan fingerprint density at radius 1 is 1.44 bits per heavy atom. The quantitative estimate of drug-likeness (QED) is 0.722. The Bertz CT molecular complexity index is 417. The second-order valence-electron chi connectivity index (χ2n) is 4.35. The summed E-state index contributed by atoms with van der Waals surface area (Å²) in [7, 11) is 1.53. The molecule has 0 radical (unpaired) electrons. The number of hydrogen-bond acceptors (Lipinski definition) is 4. The molecule has 2 atom stereocenters. The van der Waals surface area contributed by atoms with Crippen molar-refractivity contribution < 1.29 is 19.7 Å². The third-order valence-corrected chi connectivity index (χ3v) is 2.55. The average Bonchev–Trinajstić information content (AvgIpc) is 2.27. The number of aromatic carboxylic acids is 1. The van der Waals surface area contributed by atoms with Crippen LogP contribution >= 0.6 is 0 Å². The summed E-state index contributed by atoms with van der Waals surface area (Å²) in [5.41, 5.74) is 0.684. The summed E-state index contributed by atoms with van der Waals surface area (Å²) in [4.78, 5) is 11.1. The molecule has 2 unspecified atom stereocenters. The second-order valence-corrected chi connectivity index (χ2v) is 4.35. The molecule has 1 aromatic carbocycles. The first-order chi connectivity index (χ1) is 8.43. The molecule has 1 rings (SSSR count). The molecule has 0 bridgehead atoms. The second kappa shape index (κ2) is 6.26. The standard InChI is InChI=1S/C13H19NO4/c1-8(6-9(2)15)14-12-7-10(18-3)4-5-11(12)13(16)17/h4-5,7-9,14-15H,6H2,1-3H3,(H,16,17). The van der Waals surface area contributed by atoms with Crippen molar-refractivity contribution in [3.05, 3.63) is 23.8 Å². The van der Waals surface area contributed by atoms with E-state index in [2.05, 4.69) is 5.32 Å². The van der Waals surface area contributed by atoms with Crippen LogP contribution in [0.3, 0.4) is 0 Å². The minimum absolute atomic E-state index is 0.0322. The van der Waals surface area contributed by atoms with Crippen molar-refractivity contribution in [2.75, 3.05) is 12.4 Å². The van der Waals surface area contributed by atoms with Gasteiger partial charge in [-0.2, -0.15) is 0 Å². The van der Waals surface area contributed by atoms with Gasteiger partial charge < -0.3 is 20.3 Å². The van der Waals surface area contributed by atoms with Crippen LogP contribution in [0.1, 0.15) is 30.6 Å². The van der Waals surface area contributed by atoms with Crippen molar-refractivity contribution in [3.8, 4) is 5.75 Å². The summed E-state index contributed by atoms with van der Waals surface area (Å²) in [6, 6.07) is 4.71. The largest absolute Gasteiger partial charge is 0.497 e. The number of methoxy groups -OCH3 is 1. The first kappa shape index (κ1) is 14.3. The maximum Gasteiger partial charge on any atom is 0.337 e. The number of nitrogens with one attached hydrogen (secondary N) is 1. The summed E-state index contributed by atoms with van der Waals surface area (Å²) < 4.78 is 5.07. The van der Waals surface area contributed by atoms with Crippen LogP contribution in [0.5, 0.6) is 5.75 Å². The smallest absolute Gasteiger partial charge is 0.337 e. The Morgan fingerprint density at radius 3 is 2.61 bits per heavy atom. The van der Waals surface area contributed by atoms with Crippen molar-refractivity contribution in [3.63, 3.8) is 0 Å². The zero-order valence-electron chi connectivity index (χ0n) is 10.8. The van der Waals surface area contributed by atoms with E-state index in [-0.39, 0.29) is 11.6 Å². The third kappa shape index (κ3) is 3.92. The van der Waals surface area contributed by atoms with Crippen molar-refractivity contribution in [2.24, 2.45) is 0 Å². The molecule has 100 valence electrons. The third-order valence-electron chi connectivity index (χ3n) is 2.55. The van der Waals surface area contributed by atoms with Gasteiger partial charge in [0.1, 0.15) is 5.75 Å². The van der Waals surface area contributed by atoms with E-state index in [1.807, 2.05) is 6.92 Å². The fraction of sp³-hybridized carbons (Fsp3) is 0.462. The first-order valence-electron chi connectivity index (χ1n) is 5.80. The normalized spacial score (nSPS) is 13.8. The van der Waals surface area contributed by atoms with Crippen LogP contribution in [0.4, 0.5) is 5.69 Å². The minimum Gasteiger partial charge on any atom is -0.497 e. The van der Waals surface area contributed by atoms with Gasteiger partial charge in [-0.15, -0.1) is 0 Å². The van der Waals surface area contributed by atoms with Gasteiger partial charge in [0.25, 0.3) is 0 Å². The molecular formula is C13H19NO4. The van der Waals surface area contributed by atoms with E-state index in [9.17, 15) is 9.90 Å². The highest BCUT2D eigenvalue weighted by molar-refractivity contribution is 5.94. The number of hydrogen-bond donors (Lipinski definition) is 3. The number of ether oxygens (including phenoxy) is 1. The van der Waals surface area contributed by atoms with E-state index in [1.165, 1.54) is 13.2 Å². The van der Waals surface area contributed by atoms with Crippen molar-refractivity contribution in [1.29, 1.82) is 0 Å². The van der Waals surface area contributed by atoms with E-state index in [0.29, 0.717) is 17.9 Å². The van der Waals surface area contributed by atoms with E-state index >= 15 is 0 Å². The molecule has 0 aliphatic heterocycles. The van der Waals surface area contributed by atoms with E-state index in [1.54, 1.807) is 19.1 Å². The Labute approximate surface area is 106 Å². The molecule has 1 aromatic rings. The summed E-state index contributed by atoms with van der Waals surface area (Å²) in [6.07, 6.45) is 0.0994. The van der Waals surface area contributed by atoms with E-state index < -0.39 is 12.1 Å². The number of rotatable bonds is 6. The summed E-state index contributed by atoms with van der Waals surface area (Å²) in [6.45, 7) is 3.58. The van der Waals surface area contributed by atoms with Gasteiger partial charge in [-0.1, -0.05) is 0 Å². The predicted octanol–water partition coefficient (Wildman–Crippen LogP) is 1.96. The van der Waals surface area contributed by atoms with Gasteiger partial charge in [0, 0.05) is 12.1 Å². The van der Waals surface area contributed by atoms with Crippen molar-refractivity contribution in [2.45, 2.75) is 32.4 Å². The van der Waals surface area contributed by atoms with Crippen LogP contribution in [0.25, 0.3) is 0 Å². The number of carboxylic acid groups (broad SMARTS) is 1. The van der Waals surface area contributed by atoms with Gasteiger partial charge in [0.15, 0.2) is 0 Å². The molecule has 0 aromatic heterocycles. The Hall–Kier alpha value is -1.75. The van der Waals surface area contributed by atoms with Crippen LogP contribution in [-0.4, -0.2) is 35.4 Å². The highest BCUT2D eigenvalue weighted by atomic mass is 16.5. The van der Waals surface area contributed by atoms with E-state index in [0.717, 1.165) is 0 Å². The maximum absolute atomic E-state index is 11.1. The molecule has 0 heterocycles. The molecule has 5 heteroatoms. The van der Waals surface area contributed by atoms with Crippen LogP contribution < -0.4 is 10.1 Å². The lowest BCUT2D eigenvalue weighted by Gasteiger charge is -2.18. The summed E-state index contributed by atoms with van der Waals surface area (Å²) in [5.74, 6) is -0.406. The van der Waals surface area contributed by atoms with Gasteiger partial charge in [-0.25, -0.2) is 4.79 Å². The number of benzene rings is 1. The number of aliphatic hydroxyl groups is 1. The van der Waals surface area contributed by atoms with Crippen LogP contribution in [-0.2, 0) is 0 Å². The zero-order chi connectivity index (χ0) is 13.7. The van der Waals surface area contributed by atoms with Crippen molar-refractivity contribution >= 4 is 11.7 Å². The van der Waals surface area contributed by atoms with Gasteiger partial charge in [-0.3, -0.25) is 0 Å². The summed E-state index contributed by atoms with van der Waals surface area (Å²) >= 11 is 0. The molecule has 0 fully saturated rings. The number of carboxylic acids is 1. The number of aliphatic hydroxyl groups excluding tert-OH is 1. The molecule has 0 amide bonds. The molecule has 0 saturated heterocycles. The fourth-order valence-corrected chi connectivity index (χ4v) is 1.79. The average molecular weight is 253 g/mol. The topological polar surface area (TPSA) is 78.8 Å². The highest BCUT2D eigenvalue weighted by Crippen LogP contribution is 2.23.